The number of hydrogen-bond donors (Lipinski definition) is 0. The molecule has 2 nitrogen and oxygen atoms in total. The average molecular weight is 97.1 g/mol. The largest absolute Gasteiger partial charge is 0.351 e. The molecule has 0 aromatic carbocycles. The van der Waals surface area contributed by atoms with Gasteiger partial charge < -0.3 is 4.74 Å². The number of epoxide rings is 1. The monoisotopic (exact) mass is 97.1 g/mol. The van der Waals surface area contributed by atoms with E-state index in [1.807, 2.05) is 19.9 Å². The molecule has 1 aliphatic heterocycles. The van der Waals surface area contributed by atoms with Gasteiger partial charge in [-0.25, -0.2) is 0 Å². The number of ether oxygens (including phenoxy) is 1. The molecule has 2 heteroatoms. The molecule has 0 bridgehead atoms. The van der Waals surface area contributed by atoms with Gasteiger partial charge in [-0.3, -0.25) is 0 Å². The van der Waals surface area contributed by atoms with Crippen LogP contribution < -0.4 is 0 Å². The van der Waals surface area contributed by atoms with Crippen molar-refractivity contribution in [3.63, 3.8) is 0 Å². The van der Waals surface area contributed by atoms with Gasteiger partial charge in [-0.15, -0.1) is 0 Å². The zero-order valence-corrected chi connectivity index (χ0v) is 4.43. The summed E-state index contributed by atoms with van der Waals surface area (Å²) in [5.41, 5.74) is -0.144. The normalized spacial score (nSPS) is 34.1. The lowest BCUT2D eigenvalue weighted by molar-refractivity contribution is 0.335. The first-order valence-electron chi connectivity index (χ1n) is 2.24. The fraction of sp³-hybridized carbons (Fsp3) is 0.800. The Kier molecular flexibility index (Phi) is 0.650. The molecule has 0 aromatic heterocycles. The summed E-state index contributed by atoms with van der Waals surface area (Å²) in [5.74, 6) is 0. The first-order chi connectivity index (χ1) is 3.17. The summed E-state index contributed by atoms with van der Waals surface area (Å²) in [5, 5.41) is 8.17. The van der Waals surface area contributed by atoms with Gasteiger partial charge in [-0.1, -0.05) is 0 Å². The predicted octanol–water partition coefficient (Wildman–Crippen LogP) is 0.687. The molecular weight excluding hydrogens is 90.1 g/mol. The molecule has 0 amide bonds. The third kappa shape index (κ3) is 0.594. The maximum absolute atomic E-state index is 8.17. The van der Waals surface area contributed by atoms with Crippen LogP contribution >= 0.6 is 0 Å². The molecule has 7 heavy (non-hydrogen) atoms. The van der Waals surface area contributed by atoms with E-state index in [1.54, 1.807) is 0 Å². The quantitative estimate of drug-likeness (QED) is 0.417. The second-order valence-electron chi connectivity index (χ2n) is 2.23. The van der Waals surface area contributed by atoms with E-state index in [1.165, 1.54) is 0 Å². The van der Waals surface area contributed by atoms with Crippen LogP contribution in [0.4, 0.5) is 0 Å². The number of hydrogen-bond acceptors (Lipinski definition) is 2. The number of nitrogens with zero attached hydrogens (tertiary/aromatic N) is 1. The Morgan fingerprint density at radius 1 is 1.71 bits per heavy atom. The first-order valence-corrected chi connectivity index (χ1v) is 2.24. The third-order valence-corrected chi connectivity index (χ3v) is 1.11. The van der Waals surface area contributed by atoms with Crippen molar-refractivity contribution in [1.29, 1.82) is 5.26 Å². The highest BCUT2D eigenvalue weighted by Gasteiger charge is 2.48. The maximum atomic E-state index is 8.17. The summed E-state index contributed by atoms with van der Waals surface area (Å²) in [6.45, 7) is 3.81. The Labute approximate surface area is 42.7 Å². The Balaban J connectivity index is 2.49. The van der Waals surface area contributed by atoms with Gasteiger partial charge >= 0.3 is 0 Å². The highest BCUT2D eigenvalue weighted by molar-refractivity contribution is 5.08. The minimum Gasteiger partial charge on any atom is -0.351 e. The fourth-order valence-electron chi connectivity index (χ4n) is 0.452. The van der Waals surface area contributed by atoms with Crippen LogP contribution in [-0.2, 0) is 4.74 Å². The summed E-state index contributed by atoms with van der Waals surface area (Å²) in [6.07, 6.45) is -0.146. The second kappa shape index (κ2) is 0.988. The molecule has 1 atom stereocenters. The third-order valence-electron chi connectivity index (χ3n) is 1.11. The van der Waals surface area contributed by atoms with Gasteiger partial charge in [-0.2, -0.15) is 5.26 Å². The Morgan fingerprint density at radius 2 is 2.14 bits per heavy atom. The van der Waals surface area contributed by atoms with E-state index < -0.39 is 0 Å². The predicted molar refractivity (Wildman–Crippen MR) is 24.6 cm³/mol. The van der Waals surface area contributed by atoms with Crippen molar-refractivity contribution in [2.45, 2.75) is 25.6 Å². The van der Waals surface area contributed by atoms with Gasteiger partial charge in [0.25, 0.3) is 0 Å². The average Bonchev–Trinajstić information content (AvgIpc) is 2.13. The molecule has 1 rings (SSSR count). The van der Waals surface area contributed by atoms with E-state index in [0.29, 0.717) is 0 Å². The molecule has 1 fully saturated rings. The molecular formula is C5H7NO. The van der Waals surface area contributed by atoms with E-state index in [0.717, 1.165) is 0 Å². The van der Waals surface area contributed by atoms with Crippen LogP contribution in [0.15, 0.2) is 0 Å². The van der Waals surface area contributed by atoms with Crippen molar-refractivity contribution >= 4 is 0 Å². The highest BCUT2D eigenvalue weighted by atomic mass is 16.6. The number of nitriles is 1. The Hall–Kier alpha value is -0.550. The smallest absolute Gasteiger partial charge is 0.173 e. The lowest BCUT2D eigenvalue weighted by Crippen LogP contribution is -1.99. The van der Waals surface area contributed by atoms with Crippen LogP contribution in [-0.4, -0.2) is 11.7 Å². The topological polar surface area (TPSA) is 36.3 Å². The SMILES string of the molecule is CC1(C)O[C@H]1C#N. The van der Waals surface area contributed by atoms with E-state index in [-0.39, 0.29) is 11.7 Å². The van der Waals surface area contributed by atoms with Crippen LogP contribution in [0.2, 0.25) is 0 Å². The standard InChI is InChI=1S/C5H7NO/c1-5(2)4(3-6)7-5/h4H,1-2H3/t4-/m0/s1. The molecule has 0 radical (unpaired) electrons. The van der Waals surface area contributed by atoms with Gasteiger partial charge in [-0.05, 0) is 13.8 Å². The van der Waals surface area contributed by atoms with Crippen LogP contribution in [0.1, 0.15) is 13.8 Å². The maximum Gasteiger partial charge on any atom is 0.173 e. The highest BCUT2D eigenvalue weighted by Crippen LogP contribution is 2.33. The summed E-state index contributed by atoms with van der Waals surface area (Å²) in [6, 6.07) is 2.01. The van der Waals surface area contributed by atoms with Gasteiger partial charge in [0.05, 0.1) is 6.07 Å². The molecule has 0 saturated carbocycles. The van der Waals surface area contributed by atoms with Gasteiger partial charge in [0.15, 0.2) is 6.10 Å². The van der Waals surface area contributed by atoms with E-state index in [4.69, 9.17) is 10.00 Å². The van der Waals surface area contributed by atoms with Crippen molar-refractivity contribution < 1.29 is 4.74 Å². The first kappa shape index (κ1) is 4.61. The molecule has 0 aliphatic carbocycles. The molecule has 38 valence electrons. The molecule has 0 aromatic rings. The van der Waals surface area contributed by atoms with Crippen molar-refractivity contribution in [2.75, 3.05) is 0 Å². The van der Waals surface area contributed by atoms with E-state index in [2.05, 4.69) is 0 Å². The van der Waals surface area contributed by atoms with Gasteiger partial charge in [0.2, 0.25) is 0 Å². The van der Waals surface area contributed by atoms with E-state index >= 15 is 0 Å². The molecule has 0 N–H and O–H groups in total. The zero-order valence-electron chi connectivity index (χ0n) is 4.43. The van der Waals surface area contributed by atoms with Crippen LogP contribution in [0, 0.1) is 11.3 Å². The lowest BCUT2D eigenvalue weighted by atomic mass is 10.2. The minimum absolute atomic E-state index is 0.144. The molecule has 1 aliphatic rings. The van der Waals surface area contributed by atoms with Crippen molar-refractivity contribution in [1.82, 2.24) is 0 Å². The van der Waals surface area contributed by atoms with Gasteiger partial charge in [0, 0.05) is 0 Å². The summed E-state index contributed by atoms with van der Waals surface area (Å²) >= 11 is 0. The Morgan fingerprint density at radius 3 is 2.14 bits per heavy atom. The summed E-state index contributed by atoms with van der Waals surface area (Å²) < 4.78 is 4.89. The lowest BCUT2D eigenvalue weighted by Gasteiger charge is -1.83. The minimum atomic E-state index is -0.146. The summed E-state index contributed by atoms with van der Waals surface area (Å²) in [7, 11) is 0. The summed E-state index contributed by atoms with van der Waals surface area (Å²) in [4.78, 5) is 0. The molecule has 1 saturated heterocycles. The van der Waals surface area contributed by atoms with Crippen molar-refractivity contribution in [3.05, 3.63) is 0 Å². The number of rotatable bonds is 0. The van der Waals surface area contributed by atoms with Crippen molar-refractivity contribution in [3.8, 4) is 6.07 Å². The van der Waals surface area contributed by atoms with Crippen LogP contribution in [0.3, 0.4) is 0 Å². The molecule has 0 unspecified atom stereocenters. The molecule has 0 spiro atoms. The van der Waals surface area contributed by atoms with Crippen LogP contribution in [0.5, 0.6) is 0 Å². The molecule has 1 heterocycles. The fourth-order valence-corrected chi connectivity index (χ4v) is 0.452. The van der Waals surface area contributed by atoms with Gasteiger partial charge in [0.1, 0.15) is 5.60 Å². The Bertz CT molecular complexity index is 123. The van der Waals surface area contributed by atoms with Crippen LogP contribution in [0.25, 0.3) is 0 Å². The van der Waals surface area contributed by atoms with E-state index in [9.17, 15) is 0 Å². The zero-order chi connectivity index (χ0) is 5.49. The second-order valence-corrected chi connectivity index (χ2v) is 2.23. The van der Waals surface area contributed by atoms with Crippen molar-refractivity contribution in [2.24, 2.45) is 0 Å².